The molecule has 1 saturated heterocycles. The van der Waals surface area contributed by atoms with Crippen LogP contribution in [0.1, 0.15) is 43.2 Å². The van der Waals surface area contributed by atoms with Gasteiger partial charge in [0.05, 0.1) is 6.61 Å². The number of nitrogens with zero attached hydrogens (tertiary/aromatic N) is 1. The van der Waals surface area contributed by atoms with Crippen LogP contribution in [0.4, 0.5) is 4.79 Å². The van der Waals surface area contributed by atoms with E-state index < -0.39 is 29.6 Å². The van der Waals surface area contributed by atoms with Crippen LogP contribution in [0.15, 0.2) is 48.5 Å². The smallest absolute Gasteiger partial charge is 0.408 e. The molecular formula is C26H30N2O6. The molecule has 0 spiro atoms. The standard InChI is InChI=1S/C26H30N2O6/c1-3-26(16-33-2,24(31)28-14-8-13-22(28)23(29)30)27-25(32)34-15-21-19-11-6-4-9-17(19)18-10-5-7-12-20(18)21/h4-7,9-12,21-22H,3,8,13-16H2,1-2H3,(H,27,32)(H,29,30)/t22-,26?/m1/s1. The SMILES string of the molecule is CCC(COC)(NC(=O)OCC1c2ccccc2-c2ccccc21)C(=O)N1CCC[C@@H]1C(=O)O. The number of nitrogens with one attached hydrogen (secondary N) is 1. The number of carbonyl (C=O) groups excluding carboxylic acids is 2. The number of carboxylic acids is 1. The molecular weight excluding hydrogens is 436 g/mol. The molecule has 2 N–H and O–H groups in total. The highest BCUT2D eigenvalue weighted by Crippen LogP contribution is 2.44. The van der Waals surface area contributed by atoms with Crippen molar-refractivity contribution in [3.8, 4) is 11.1 Å². The molecule has 0 saturated carbocycles. The number of alkyl carbamates (subject to hydrolysis) is 1. The van der Waals surface area contributed by atoms with Crippen molar-refractivity contribution in [1.29, 1.82) is 0 Å². The summed E-state index contributed by atoms with van der Waals surface area (Å²) in [4.78, 5) is 39.3. The number of amides is 2. The van der Waals surface area contributed by atoms with Crippen molar-refractivity contribution >= 4 is 18.0 Å². The second kappa shape index (κ2) is 9.85. The molecule has 8 heteroatoms. The molecule has 0 bridgehead atoms. The Kier molecular flexibility index (Phi) is 6.88. The maximum Gasteiger partial charge on any atom is 0.408 e. The summed E-state index contributed by atoms with van der Waals surface area (Å²) in [5.41, 5.74) is 3.02. The first-order valence-electron chi connectivity index (χ1n) is 11.6. The summed E-state index contributed by atoms with van der Waals surface area (Å²) in [5, 5.41) is 12.2. The molecule has 2 atom stereocenters. The Morgan fingerprint density at radius 2 is 1.71 bits per heavy atom. The fraction of sp³-hybridized carbons (Fsp3) is 0.423. The van der Waals surface area contributed by atoms with Crippen LogP contribution in [0.25, 0.3) is 11.1 Å². The van der Waals surface area contributed by atoms with E-state index in [1.54, 1.807) is 6.92 Å². The van der Waals surface area contributed by atoms with E-state index in [1.165, 1.54) is 12.0 Å². The van der Waals surface area contributed by atoms with Gasteiger partial charge in [0, 0.05) is 19.6 Å². The quantitative estimate of drug-likeness (QED) is 0.618. The Morgan fingerprint density at radius 1 is 1.09 bits per heavy atom. The number of rotatable bonds is 8. The molecule has 2 aliphatic rings. The minimum absolute atomic E-state index is 0.0879. The fourth-order valence-corrected chi connectivity index (χ4v) is 5.11. The van der Waals surface area contributed by atoms with E-state index in [0.717, 1.165) is 22.3 Å². The topological polar surface area (TPSA) is 105 Å². The van der Waals surface area contributed by atoms with Gasteiger partial charge in [-0.25, -0.2) is 9.59 Å². The third kappa shape index (κ3) is 4.25. The number of ether oxygens (including phenoxy) is 2. The average Bonchev–Trinajstić information content (AvgIpc) is 3.45. The van der Waals surface area contributed by atoms with Crippen LogP contribution in [0.2, 0.25) is 0 Å². The number of hydrogen-bond donors (Lipinski definition) is 2. The molecule has 0 aromatic heterocycles. The van der Waals surface area contributed by atoms with Gasteiger partial charge in [-0.1, -0.05) is 55.5 Å². The molecule has 180 valence electrons. The van der Waals surface area contributed by atoms with E-state index >= 15 is 0 Å². The predicted octanol–water partition coefficient (Wildman–Crippen LogP) is 3.40. The first-order chi connectivity index (χ1) is 16.4. The van der Waals surface area contributed by atoms with Gasteiger partial charge in [-0.15, -0.1) is 0 Å². The Morgan fingerprint density at radius 3 is 2.26 bits per heavy atom. The normalized spacial score (nSPS) is 18.6. The van der Waals surface area contributed by atoms with Crippen LogP contribution in [0, 0.1) is 0 Å². The van der Waals surface area contributed by atoms with Crippen LogP contribution in [0.5, 0.6) is 0 Å². The van der Waals surface area contributed by atoms with E-state index in [-0.39, 0.29) is 25.6 Å². The highest BCUT2D eigenvalue weighted by atomic mass is 16.5. The molecule has 1 aliphatic carbocycles. The number of fused-ring (bicyclic) bond motifs is 3. The Balaban J connectivity index is 1.50. The van der Waals surface area contributed by atoms with Gasteiger partial charge in [0.1, 0.15) is 18.2 Å². The van der Waals surface area contributed by atoms with Crippen LogP contribution in [-0.4, -0.2) is 66.4 Å². The van der Waals surface area contributed by atoms with Crippen molar-refractivity contribution in [3.63, 3.8) is 0 Å². The van der Waals surface area contributed by atoms with Gasteiger partial charge in [0.15, 0.2) is 0 Å². The minimum Gasteiger partial charge on any atom is -0.480 e. The van der Waals surface area contributed by atoms with Crippen molar-refractivity contribution < 1.29 is 29.0 Å². The second-order valence-electron chi connectivity index (χ2n) is 8.81. The molecule has 2 aromatic carbocycles. The number of likely N-dealkylation sites (tertiary alicyclic amines) is 1. The van der Waals surface area contributed by atoms with Crippen molar-refractivity contribution in [3.05, 3.63) is 59.7 Å². The average molecular weight is 467 g/mol. The molecule has 34 heavy (non-hydrogen) atoms. The molecule has 1 aliphatic heterocycles. The predicted molar refractivity (Wildman–Crippen MR) is 125 cm³/mol. The summed E-state index contributed by atoms with van der Waals surface area (Å²) < 4.78 is 10.9. The van der Waals surface area contributed by atoms with Crippen molar-refractivity contribution in [1.82, 2.24) is 10.2 Å². The third-order valence-electron chi connectivity index (χ3n) is 6.89. The first kappa shape index (κ1) is 23.8. The maximum atomic E-state index is 13.4. The second-order valence-corrected chi connectivity index (χ2v) is 8.81. The largest absolute Gasteiger partial charge is 0.480 e. The third-order valence-corrected chi connectivity index (χ3v) is 6.89. The number of aliphatic carboxylic acids is 1. The van der Waals surface area contributed by atoms with Gasteiger partial charge in [-0.05, 0) is 41.5 Å². The van der Waals surface area contributed by atoms with Gasteiger partial charge in [0.2, 0.25) is 0 Å². The molecule has 1 heterocycles. The van der Waals surface area contributed by atoms with Gasteiger partial charge < -0.3 is 24.8 Å². The van der Waals surface area contributed by atoms with Gasteiger partial charge in [-0.2, -0.15) is 0 Å². The molecule has 2 amide bonds. The van der Waals surface area contributed by atoms with Crippen molar-refractivity contribution in [2.75, 3.05) is 26.9 Å². The Hall–Kier alpha value is -3.39. The van der Waals surface area contributed by atoms with Crippen LogP contribution in [0.3, 0.4) is 0 Å². The van der Waals surface area contributed by atoms with Gasteiger partial charge in [0.25, 0.3) is 5.91 Å². The molecule has 0 radical (unpaired) electrons. The van der Waals surface area contributed by atoms with E-state index in [1.807, 2.05) is 36.4 Å². The van der Waals surface area contributed by atoms with E-state index in [4.69, 9.17) is 9.47 Å². The summed E-state index contributed by atoms with van der Waals surface area (Å²) in [7, 11) is 1.44. The molecule has 1 unspecified atom stereocenters. The van der Waals surface area contributed by atoms with Crippen LogP contribution < -0.4 is 5.32 Å². The molecule has 1 fully saturated rings. The Labute approximate surface area is 198 Å². The zero-order valence-corrected chi connectivity index (χ0v) is 19.5. The van der Waals surface area contributed by atoms with Crippen LogP contribution >= 0.6 is 0 Å². The summed E-state index contributed by atoms with van der Waals surface area (Å²) in [6, 6.07) is 15.2. The fourth-order valence-electron chi connectivity index (χ4n) is 5.11. The summed E-state index contributed by atoms with van der Waals surface area (Å²) >= 11 is 0. The number of carbonyl (C=O) groups is 3. The highest BCUT2D eigenvalue weighted by Gasteiger charge is 2.46. The monoisotopic (exact) mass is 466 g/mol. The van der Waals surface area contributed by atoms with E-state index in [9.17, 15) is 19.5 Å². The molecule has 4 rings (SSSR count). The first-order valence-corrected chi connectivity index (χ1v) is 11.6. The lowest BCUT2D eigenvalue weighted by atomic mass is 9.94. The zero-order valence-electron chi connectivity index (χ0n) is 19.5. The maximum absolute atomic E-state index is 13.4. The van der Waals surface area contributed by atoms with E-state index in [2.05, 4.69) is 17.4 Å². The van der Waals surface area contributed by atoms with Gasteiger partial charge in [-0.3, -0.25) is 4.79 Å². The molecule has 2 aromatic rings. The summed E-state index contributed by atoms with van der Waals surface area (Å²) in [6.45, 7) is 2.11. The number of hydrogen-bond acceptors (Lipinski definition) is 5. The lowest BCUT2D eigenvalue weighted by Gasteiger charge is -2.36. The highest BCUT2D eigenvalue weighted by molar-refractivity contribution is 5.93. The molecule has 8 nitrogen and oxygen atoms in total. The zero-order chi connectivity index (χ0) is 24.3. The van der Waals surface area contributed by atoms with Gasteiger partial charge >= 0.3 is 12.1 Å². The summed E-state index contributed by atoms with van der Waals surface area (Å²) in [5.74, 6) is -1.62. The van der Waals surface area contributed by atoms with Crippen molar-refractivity contribution in [2.24, 2.45) is 0 Å². The number of benzene rings is 2. The minimum atomic E-state index is -1.41. The lowest BCUT2D eigenvalue weighted by molar-refractivity contribution is -0.152. The van der Waals surface area contributed by atoms with Crippen molar-refractivity contribution in [2.45, 2.75) is 43.7 Å². The number of carboxylic acid groups (broad SMARTS) is 1. The Bertz CT molecular complexity index is 1040. The van der Waals surface area contributed by atoms with E-state index in [0.29, 0.717) is 19.4 Å². The number of methoxy groups -OCH3 is 1. The summed E-state index contributed by atoms with van der Waals surface area (Å²) in [6.07, 6.45) is 0.478. The van der Waals surface area contributed by atoms with Crippen LogP contribution in [-0.2, 0) is 19.1 Å². The lowest BCUT2D eigenvalue weighted by Crippen LogP contribution is -2.63.